The van der Waals surface area contributed by atoms with Gasteiger partial charge >= 0.3 is 0 Å². The summed E-state index contributed by atoms with van der Waals surface area (Å²) in [5, 5.41) is 3.51. The number of hydrogen-bond acceptors (Lipinski definition) is 2. The van der Waals surface area contributed by atoms with E-state index in [0.717, 1.165) is 11.3 Å². The third-order valence-electron chi connectivity index (χ3n) is 2.13. The van der Waals surface area contributed by atoms with E-state index in [1.807, 2.05) is 12.1 Å². The molecule has 0 spiro atoms. The molecule has 1 N–H and O–H groups in total. The number of anilines is 1. The van der Waals surface area contributed by atoms with Crippen LogP contribution in [0.15, 0.2) is 42.6 Å². The highest BCUT2D eigenvalue weighted by atomic mass is 35.5. The summed E-state index contributed by atoms with van der Waals surface area (Å²) in [4.78, 5) is 3.94. The van der Waals surface area contributed by atoms with Crippen molar-refractivity contribution >= 4 is 17.3 Å². The van der Waals surface area contributed by atoms with Gasteiger partial charge in [0, 0.05) is 12.7 Å². The van der Waals surface area contributed by atoms with Crippen LogP contribution in [0.5, 0.6) is 0 Å². The van der Waals surface area contributed by atoms with Gasteiger partial charge in [0.2, 0.25) is 0 Å². The fourth-order valence-electron chi connectivity index (χ4n) is 1.36. The third kappa shape index (κ3) is 2.70. The smallest absolute Gasteiger partial charge is 0.152 e. The number of nitrogens with zero attached hydrogens (tertiary/aromatic N) is 1. The van der Waals surface area contributed by atoms with Crippen LogP contribution in [0, 0.1) is 5.82 Å². The fraction of sp³-hybridized carbons (Fsp3) is 0.0833. The largest absolute Gasteiger partial charge is 0.378 e. The van der Waals surface area contributed by atoms with Crippen molar-refractivity contribution in [3.8, 4) is 0 Å². The summed E-state index contributed by atoms with van der Waals surface area (Å²) in [6.07, 6.45) is 1.62. The van der Waals surface area contributed by atoms with E-state index in [4.69, 9.17) is 11.6 Å². The van der Waals surface area contributed by atoms with Crippen LogP contribution in [0.4, 0.5) is 10.1 Å². The minimum Gasteiger partial charge on any atom is -0.378 e. The summed E-state index contributed by atoms with van der Waals surface area (Å²) in [5.74, 6) is -0.239. The first-order valence-corrected chi connectivity index (χ1v) is 5.22. The molecule has 0 amide bonds. The number of hydrogen-bond donors (Lipinski definition) is 1. The van der Waals surface area contributed by atoms with Crippen molar-refractivity contribution in [2.75, 3.05) is 5.32 Å². The lowest BCUT2D eigenvalue weighted by molar-refractivity contribution is 0.626. The standard InChI is InChI=1S/C12H10ClFN2/c13-12-11(5-2-6-15-12)16-8-9-3-1-4-10(14)7-9/h1-7,16H,8H2. The number of benzene rings is 1. The van der Waals surface area contributed by atoms with Gasteiger partial charge in [-0.25, -0.2) is 9.37 Å². The van der Waals surface area contributed by atoms with E-state index in [1.165, 1.54) is 12.1 Å². The molecular formula is C12H10ClFN2. The Balaban J connectivity index is 2.05. The number of aromatic nitrogens is 1. The first-order valence-electron chi connectivity index (χ1n) is 4.84. The highest BCUT2D eigenvalue weighted by Gasteiger charge is 2.00. The first kappa shape index (κ1) is 10.9. The van der Waals surface area contributed by atoms with Crippen LogP contribution in [0.25, 0.3) is 0 Å². The van der Waals surface area contributed by atoms with Crippen molar-refractivity contribution in [2.24, 2.45) is 0 Å². The Morgan fingerprint density at radius 1 is 1.25 bits per heavy atom. The van der Waals surface area contributed by atoms with Gasteiger partial charge < -0.3 is 5.32 Å². The molecule has 0 atom stereocenters. The van der Waals surface area contributed by atoms with E-state index in [2.05, 4.69) is 10.3 Å². The molecule has 0 fully saturated rings. The summed E-state index contributed by atoms with van der Waals surface area (Å²) in [5.41, 5.74) is 1.60. The number of pyridine rings is 1. The maximum atomic E-state index is 12.9. The van der Waals surface area contributed by atoms with Crippen molar-refractivity contribution in [2.45, 2.75) is 6.54 Å². The summed E-state index contributed by atoms with van der Waals surface area (Å²) >= 11 is 5.87. The van der Waals surface area contributed by atoms with Crippen molar-refractivity contribution in [3.05, 3.63) is 59.1 Å². The topological polar surface area (TPSA) is 24.9 Å². The average Bonchev–Trinajstić information content (AvgIpc) is 2.28. The molecule has 0 saturated carbocycles. The minimum atomic E-state index is -0.239. The Bertz CT molecular complexity index is 488. The van der Waals surface area contributed by atoms with Crippen LogP contribution in [0.3, 0.4) is 0 Å². The molecule has 82 valence electrons. The minimum absolute atomic E-state index is 0.239. The van der Waals surface area contributed by atoms with Gasteiger partial charge in [-0.15, -0.1) is 0 Å². The van der Waals surface area contributed by atoms with Crippen LogP contribution < -0.4 is 5.32 Å². The Kier molecular flexibility index (Phi) is 3.37. The van der Waals surface area contributed by atoms with E-state index in [1.54, 1.807) is 18.3 Å². The molecule has 2 rings (SSSR count). The van der Waals surface area contributed by atoms with Crippen molar-refractivity contribution in [1.82, 2.24) is 4.98 Å². The highest BCUT2D eigenvalue weighted by molar-refractivity contribution is 6.31. The summed E-state index contributed by atoms with van der Waals surface area (Å²) in [6, 6.07) is 10.0. The molecule has 0 aliphatic carbocycles. The monoisotopic (exact) mass is 236 g/mol. The quantitative estimate of drug-likeness (QED) is 0.826. The summed E-state index contributed by atoms with van der Waals surface area (Å²) in [7, 11) is 0. The van der Waals surface area contributed by atoms with Gasteiger partial charge in [0.05, 0.1) is 5.69 Å². The molecule has 1 aromatic carbocycles. The molecule has 2 aromatic rings. The number of rotatable bonds is 3. The van der Waals surface area contributed by atoms with Crippen LogP contribution in [-0.2, 0) is 6.54 Å². The zero-order chi connectivity index (χ0) is 11.4. The highest BCUT2D eigenvalue weighted by Crippen LogP contribution is 2.18. The van der Waals surface area contributed by atoms with Gasteiger partial charge in [0.1, 0.15) is 5.82 Å². The van der Waals surface area contributed by atoms with E-state index in [-0.39, 0.29) is 5.82 Å². The second-order valence-electron chi connectivity index (χ2n) is 3.33. The zero-order valence-corrected chi connectivity index (χ0v) is 9.21. The summed E-state index contributed by atoms with van der Waals surface area (Å²) < 4.78 is 12.9. The Labute approximate surface area is 98.1 Å². The molecular weight excluding hydrogens is 227 g/mol. The molecule has 0 bridgehead atoms. The molecule has 0 unspecified atom stereocenters. The van der Waals surface area contributed by atoms with Crippen LogP contribution in [0.1, 0.15) is 5.56 Å². The summed E-state index contributed by atoms with van der Waals surface area (Å²) in [6.45, 7) is 0.517. The molecule has 0 saturated heterocycles. The molecule has 0 aliphatic rings. The lowest BCUT2D eigenvalue weighted by atomic mass is 10.2. The van der Waals surface area contributed by atoms with Gasteiger partial charge in [-0.1, -0.05) is 23.7 Å². The van der Waals surface area contributed by atoms with Crippen molar-refractivity contribution in [1.29, 1.82) is 0 Å². The molecule has 4 heteroatoms. The van der Waals surface area contributed by atoms with Crippen molar-refractivity contribution in [3.63, 3.8) is 0 Å². The maximum Gasteiger partial charge on any atom is 0.152 e. The van der Waals surface area contributed by atoms with Gasteiger partial charge in [-0.05, 0) is 29.8 Å². The molecule has 0 radical (unpaired) electrons. The Morgan fingerprint density at radius 2 is 2.12 bits per heavy atom. The number of halogens is 2. The van der Waals surface area contributed by atoms with Crippen LogP contribution in [-0.4, -0.2) is 4.98 Å². The third-order valence-corrected chi connectivity index (χ3v) is 2.43. The van der Waals surface area contributed by atoms with Gasteiger partial charge in [0.25, 0.3) is 0 Å². The maximum absolute atomic E-state index is 12.9. The second kappa shape index (κ2) is 4.94. The second-order valence-corrected chi connectivity index (χ2v) is 3.68. The SMILES string of the molecule is Fc1cccc(CNc2cccnc2Cl)c1. The zero-order valence-electron chi connectivity index (χ0n) is 8.45. The van der Waals surface area contributed by atoms with Gasteiger partial charge in [-0.2, -0.15) is 0 Å². The van der Waals surface area contributed by atoms with Gasteiger partial charge in [0.15, 0.2) is 5.15 Å². The first-order chi connectivity index (χ1) is 7.75. The van der Waals surface area contributed by atoms with E-state index >= 15 is 0 Å². The molecule has 1 heterocycles. The van der Waals surface area contributed by atoms with Crippen LogP contribution >= 0.6 is 11.6 Å². The number of nitrogens with one attached hydrogen (secondary N) is 1. The molecule has 0 aliphatic heterocycles. The predicted molar refractivity (Wildman–Crippen MR) is 63.0 cm³/mol. The lowest BCUT2D eigenvalue weighted by Gasteiger charge is -2.07. The predicted octanol–water partition coefficient (Wildman–Crippen LogP) is 3.49. The van der Waals surface area contributed by atoms with Crippen molar-refractivity contribution < 1.29 is 4.39 Å². The lowest BCUT2D eigenvalue weighted by Crippen LogP contribution is -2.00. The van der Waals surface area contributed by atoms with E-state index in [0.29, 0.717) is 11.7 Å². The molecule has 2 nitrogen and oxygen atoms in total. The molecule has 16 heavy (non-hydrogen) atoms. The normalized spacial score (nSPS) is 10.1. The average molecular weight is 237 g/mol. The van der Waals surface area contributed by atoms with Crippen LogP contribution in [0.2, 0.25) is 5.15 Å². The van der Waals surface area contributed by atoms with Gasteiger partial charge in [-0.3, -0.25) is 0 Å². The van der Waals surface area contributed by atoms with E-state index < -0.39 is 0 Å². The molecule has 1 aromatic heterocycles. The Hall–Kier alpha value is -1.61. The van der Waals surface area contributed by atoms with E-state index in [9.17, 15) is 4.39 Å². The fourth-order valence-corrected chi connectivity index (χ4v) is 1.55. The Morgan fingerprint density at radius 3 is 2.88 bits per heavy atom.